The first kappa shape index (κ1) is 22.7. The van der Waals surface area contributed by atoms with E-state index in [2.05, 4.69) is 5.32 Å². The number of hydrogen-bond donors (Lipinski definition) is 1. The van der Waals surface area contributed by atoms with Gasteiger partial charge in [-0.25, -0.2) is 4.79 Å². The zero-order valence-electron chi connectivity index (χ0n) is 18.6. The average molecular weight is 458 g/mol. The molecular formula is C26H22N2O6. The van der Waals surface area contributed by atoms with E-state index < -0.39 is 36.3 Å². The lowest BCUT2D eigenvalue weighted by molar-refractivity contribution is -0.119. The number of methoxy groups -OCH3 is 1. The Morgan fingerprint density at radius 2 is 1.65 bits per heavy atom. The quantitative estimate of drug-likeness (QED) is 0.426. The molecule has 0 unspecified atom stereocenters. The lowest BCUT2D eigenvalue weighted by atomic mass is 10.1. The van der Waals surface area contributed by atoms with Gasteiger partial charge in [-0.2, -0.15) is 0 Å². The number of fused-ring (bicyclic) bond motifs is 1. The van der Waals surface area contributed by atoms with Gasteiger partial charge in [-0.15, -0.1) is 0 Å². The van der Waals surface area contributed by atoms with Crippen LogP contribution in [0.15, 0.2) is 72.8 Å². The van der Waals surface area contributed by atoms with Gasteiger partial charge in [0.05, 0.1) is 29.8 Å². The average Bonchev–Trinajstić information content (AvgIpc) is 3.11. The number of esters is 1. The number of carbonyl (C=O) groups excluding carboxylic acids is 4. The molecule has 4 rings (SSSR count). The number of imide groups is 1. The second-order valence-corrected chi connectivity index (χ2v) is 7.68. The summed E-state index contributed by atoms with van der Waals surface area (Å²) in [4.78, 5) is 51.7. The van der Waals surface area contributed by atoms with Crippen molar-refractivity contribution in [3.63, 3.8) is 0 Å². The predicted molar refractivity (Wildman–Crippen MR) is 124 cm³/mol. The number of benzene rings is 3. The minimum atomic E-state index is -0.779. The molecule has 0 aromatic heterocycles. The van der Waals surface area contributed by atoms with E-state index in [4.69, 9.17) is 9.47 Å². The Balaban J connectivity index is 1.42. The monoisotopic (exact) mass is 458 g/mol. The number of rotatable bonds is 7. The molecule has 1 N–H and O–H groups in total. The van der Waals surface area contributed by atoms with E-state index in [0.29, 0.717) is 11.4 Å². The molecule has 1 heterocycles. The number of hydrogen-bond acceptors (Lipinski definition) is 6. The van der Waals surface area contributed by atoms with E-state index in [1.165, 1.54) is 30.2 Å². The lowest BCUT2D eigenvalue weighted by Gasteiger charge is -2.22. The summed E-state index contributed by atoms with van der Waals surface area (Å²) in [6, 6.07) is 19.7. The highest BCUT2D eigenvalue weighted by Crippen LogP contribution is 2.31. The number of carbonyl (C=O) groups is 4. The summed E-state index contributed by atoms with van der Waals surface area (Å²) in [5.74, 6) is -1.64. The van der Waals surface area contributed by atoms with E-state index in [-0.39, 0.29) is 16.7 Å². The Morgan fingerprint density at radius 1 is 0.912 bits per heavy atom. The highest BCUT2D eigenvalue weighted by molar-refractivity contribution is 6.22. The first-order chi connectivity index (χ1) is 16.4. The van der Waals surface area contributed by atoms with Crippen LogP contribution in [0.2, 0.25) is 0 Å². The fourth-order valence-electron chi connectivity index (χ4n) is 3.73. The molecule has 0 bridgehead atoms. The Kier molecular flexibility index (Phi) is 6.40. The summed E-state index contributed by atoms with van der Waals surface area (Å²) in [5, 5.41) is 2.61. The first-order valence-corrected chi connectivity index (χ1v) is 10.6. The van der Waals surface area contributed by atoms with Crippen LogP contribution < -0.4 is 10.1 Å². The molecule has 3 aromatic carbocycles. The highest BCUT2D eigenvalue weighted by Gasteiger charge is 2.39. The van der Waals surface area contributed by atoms with Gasteiger partial charge >= 0.3 is 5.97 Å². The van der Waals surface area contributed by atoms with Crippen LogP contribution in [0.25, 0.3) is 0 Å². The predicted octanol–water partition coefficient (Wildman–Crippen LogP) is 3.85. The maximum atomic E-state index is 13.0. The van der Waals surface area contributed by atoms with Crippen molar-refractivity contribution in [1.82, 2.24) is 4.90 Å². The summed E-state index contributed by atoms with van der Waals surface area (Å²) in [7, 11) is 1.51. The van der Waals surface area contributed by atoms with Gasteiger partial charge in [-0.3, -0.25) is 19.3 Å². The van der Waals surface area contributed by atoms with Gasteiger partial charge in [0, 0.05) is 11.8 Å². The van der Waals surface area contributed by atoms with Crippen LogP contribution >= 0.6 is 0 Å². The minimum absolute atomic E-state index is 0.0725. The molecular weight excluding hydrogens is 436 g/mol. The number of amides is 3. The SMILES string of the molecule is COc1cccc(NC(=O)COC(=O)c2ccc3c(c2)C(=O)N([C@@H](C)c2ccccc2)C3=O)c1. The third-order valence-electron chi connectivity index (χ3n) is 5.51. The van der Waals surface area contributed by atoms with E-state index in [1.807, 2.05) is 30.3 Å². The van der Waals surface area contributed by atoms with Crippen LogP contribution in [0.3, 0.4) is 0 Å². The summed E-state index contributed by atoms with van der Waals surface area (Å²) < 4.78 is 10.2. The van der Waals surface area contributed by atoms with Gasteiger partial charge in [0.25, 0.3) is 17.7 Å². The summed E-state index contributed by atoms with van der Waals surface area (Å²) in [6.45, 7) is 1.25. The number of nitrogens with zero attached hydrogens (tertiary/aromatic N) is 1. The Morgan fingerprint density at radius 3 is 2.38 bits per heavy atom. The molecule has 3 aromatic rings. The van der Waals surface area contributed by atoms with Crippen molar-refractivity contribution in [2.75, 3.05) is 19.0 Å². The second-order valence-electron chi connectivity index (χ2n) is 7.68. The lowest BCUT2D eigenvalue weighted by Crippen LogP contribution is -2.32. The minimum Gasteiger partial charge on any atom is -0.497 e. The standard InChI is InChI=1S/C26H22N2O6/c1-16(17-7-4-3-5-8-17)28-24(30)21-12-11-18(13-22(21)25(28)31)26(32)34-15-23(29)27-19-9-6-10-20(14-19)33-2/h3-14,16H,15H2,1-2H3,(H,27,29)/t16-/m0/s1. The van der Waals surface area contributed by atoms with Crippen LogP contribution in [0, 0.1) is 0 Å². The third kappa shape index (κ3) is 4.52. The number of nitrogens with one attached hydrogen (secondary N) is 1. The van der Waals surface area contributed by atoms with Crippen molar-refractivity contribution in [2.45, 2.75) is 13.0 Å². The fraction of sp³-hybridized carbons (Fsp3) is 0.154. The molecule has 1 aliphatic heterocycles. The van der Waals surface area contributed by atoms with Gasteiger partial charge in [0.15, 0.2) is 6.61 Å². The highest BCUT2D eigenvalue weighted by atomic mass is 16.5. The maximum absolute atomic E-state index is 13.0. The summed E-state index contributed by atoms with van der Waals surface area (Å²) in [5.41, 5.74) is 1.74. The van der Waals surface area contributed by atoms with E-state index in [1.54, 1.807) is 31.2 Å². The second kappa shape index (κ2) is 9.58. The van der Waals surface area contributed by atoms with Crippen LogP contribution in [0.1, 0.15) is 49.6 Å². The molecule has 34 heavy (non-hydrogen) atoms. The van der Waals surface area contributed by atoms with Gasteiger partial charge in [-0.05, 0) is 42.8 Å². The zero-order chi connectivity index (χ0) is 24.2. The van der Waals surface area contributed by atoms with Crippen LogP contribution in [0.5, 0.6) is 5.75 Å². The van der Waals surface area contributed by atoms with Crippen molar-refractivity contribution < 1.29 is 28.7 Å². The molecule has 3 amide bonds. The molecule has 0 spiro atoms. The Bertz CT molecular complexity index is 1270. The fourth-order valence-corrected chi connectivity index (χ4v) is 3.73. The Hall–Kier alpha value is -4.46. The van der Waals surface area contributed by atoms with Crippen LogP contribution in [-0.4, -0.2) is 42.3 Å². The zero-order valence-corrected chi connectivity index (χ0v) is 18.6. The largest absolute Gasteiger partial charge is 0.497 e. The van der Waals surface area contributed by atoms with Crippen molar-refractivity contribution in [2.24, 2.45) is 0 Å². The third-order valence-corrected chi connectivity index (χ3v) is 5.51. The normalized spacial score (nSPS) is 13.3. The molecule has 172 valence electrons. The number of ether oxygens (including phenoxy) is 2. The molecule has 8 nitrogen and oxygen atoms in total. The maximum Gasteiger partial charge on any atom is 0.338 e. The first-order valence-electron chi connectivity index (χ1n) is 10.6. The van der Waals surface area contributed by atoms with Gasteiger partial charge in [0.1, 0.15) is 5.75 Å². The van der Waals surface area contributed by atoms with E-state index >= 15 is 0 Å². The molecule has 8 heteroatoms. The number of anilines is 1. The Labute approximate surface area is 196 Å². The molecule has 0 saturated heterocycles. The molecule has 1 atom stereocenters. The van der Waals surface area contributed by atoms with Gasteiger partial charge < -0.3 is 14.8 Å². The molecule has 0 aliphatic carbocycles. The van der Waals surface area contributed by atoms with Gasteiger partial charge in [-0.1, -0.05) is 36.4 Å². The van der Waals surface area contributed by atoms with Crippen molar-refractivity contribution in [1.29, 1.82) is 0 Å². The topological polar surface area (TPSA) is 102 Å². The van der Waals surface area contributed by atoms with Gasteiger partial charge in [0.2, 0.25) is 0 Å². The summed E-state index contributed by atoms with van der Waals surface area (Å²) in [6.07, 6.45) is 0. The summed E-state index contributed by atoms with van der Waals surface area (Å²) >= 11 is 0. The van der Waals surface area contributed by atoms with Crippen molar-refractivity contribution in [3.8, 4) is 5.75 Å². The van der Waals surface area contributed by atoms with E-state index in [9.17, 15) is 19.2 Å². The van der Waals surface area contributed by atoms with Crippen LogP contribution in [-0.2, 0) is 9.53 Å². The smallest absolute Gasteiger partial charge is 0.338 e. The van der Waals surface area contributed by atoms with Crippen molar-refractivity contribution >= 4 is 29.4 Å². The molecule has 1 aliphatic rings. The molecule has 0 radical (unpaired) electrons. The van der Waals surface area contributed by atoms with E-state index in [0.717, 1.165) is 5.56 Å². The van der Waals surface area contributed by atoms with Crippen LogP contribution in [0.4, 0.5) is 5.69 Å². The molecule has 0 saturated carbocycles. The molecule has 0 fully saturated rings. The van der Waals surface area contributed by atoms with Crippen molar-refractivity contribution in [3.05, 3.63) is 95.1 Å².